The molecule has 0 bridgehead atoms. The Balaban J connectivity index is 2.11. The number of hydrogen-bond donors (Lipinski definition) is 1. The number of benzene rings is 1. The van der Waals surface area contributed by atoms with Gasteiger partial charge in [-0.3, -0.25) is 0 Å². The van der Waals surface area contributed by atoms with E-state index in [0.29, 0.717) is 6.42 Å². The van der Waals surface area contributed by atoms with E-state index in [4.69, 9.17) is 11.6 Å². The molecule has 10 heteroatoms. The van der Waals surface area contributed by atoms with Gasteiger partial charge in [-0.15, -0.1) is 0 Å². The smallest absolute Gasteiger partial charge is 0.211 e. The van der Waals surface area contributed by atoms with E-state index in [9.17, 15) is 21.2 Å². The molecule has 1 atom stereocenters. The summed E-state index contributed by atoms with van der Waals surface area (Å²) in [6.07, 6.45) is 0.473. The predicted molar refractivity (Wildman–Crippen MR) is 85.4 cm³/mol. The van der Waals surface area contributed by atoms with E-state index >= 15 is 0 Å². The van der Waals surface area contributed by atoms with Gasteiger partial charge in [-0.2, -0.15) is 4.31 Å². The monoisotopic (exact) mass is 382 g/mol. The van der Waals surface area contributed by atoms with Gasteiger partial charge in [0.1, 0.15) is 4.90 Å². The zero-order valence-electron chi connectivity index (χ0n) is 12.1. The van der Waals surface area contributed by atoms with E-state index in [1.54, 1.807) is 0 Å². The molecule has 0 aromatic heterocycles. The van der Waals surface area contributed by atoms with Gasteiger partial charge in [-0.25, -0.2) is 25.9 Å². The Labute approximate surface area is 140 Å². The van der Waals surface area contributed by atoms with Crippen molar-refractivity contribution in [1.82, 2.24) is 9.03 Å². The quantitative estimate of drug-likeness (QED) is 0.809. The number of nitrogens with one attached hydrogen (secondary N) is 1. The summed E-state index contributed by atoms with van der Waals surface area (Å²) in [6, 6.07) is 3.79. The van der Waals surface area contributed by atoms with Crippen LogP contribution in [-0.2, 0) is 20.0 Å². The summed E-state index contributed by atoms with van der Waals surface area (Å²) >= 11 is 5.63. The van der Waals surface area contributed by atoms with Crippen LogP contribution in [0.25, 0.3) is 0 Å². The van der Waals surface area contributed by atoms with Crippen LogP contribution in [0, 0.1) is 11.7 Å². The Kier molecular flexibility index (Phi) is 5.47. The van der Waals surface area contributed by atoms with Crippen LogP contribution in [0.5, 0.6) is 0 Å². The molecule has 0 radical (unpaired) electrons. The average Bonchev–Trinajstić information content (AvgIpc) is 2.98. The van der Waals surface area contributed by atoms with Crippen molar-refractivity contribution in [1.29, 1.82) is 0 Å². The van der Waals surface area contributed by atoms with Crippen molar-refractivity contribution in [2.75, 3.05) is 19.6 Å². The first-order chi connectivity index (χ1) is 10.7. The van der Waals surface area contributed by atoms with Gasteiger partial charge in [-0.05, 0) is 24.5 Å². The van der Waals surface area contributed by atoms with Crippen LogP contribution < -0.4 is 4.72 Å². The Morgan fingerprint density at radius 3 is 2.74 bits per heavy atom. The van der Waals surface area contributed by atoms with Gasteiger partial charge < -0.3 is 0 Å². The summed E-state index contributed by atoms with van der Waals surface area (Å²) in [5, 5.41) is 0.526. The van der Waals surface area contributed by atoms with Crippen LogP contribution >= 0.6 is 11.6 Å². The summed E-state index contributed by atoms with van der Waals surface area (Å²) < 4.78 is 65.0. The summed E-state index contributed by atoms with van der Waals surface area (Å²) in [7, 11) is -7.56. The fourth-order valence-corrected chi connectivity index (χ4v) is 4.73. The number of hydrogen-bond acceptors (Lipinski definition) is 4. The summed E-state index contributed by atoms with van der Waals surface area (Å²) in [5.74, 6) is -1.17. The maximum absolute atomic E-state index is 14.0. The molecular weight excluding hydrogens is 367 g/mol. The molecule has 1 aromatic rings. The van der Waals surface area contributed by atoms with Gasteiger partial charge in [0.2, 0.25) is 20.0 Å². The first kappa shape index (κ1) is 18.3. The Morgan fingerprint density at radius 1 is 1.39 bits per heavy atom. The zero-order chi connectivity index (χ0) is 17.3. The summed E-state index contributed by atoms with van der Waals surface area (Å²) in [6.45, 7) is 3.57. The third kappa shape index (κ3) is 4.10. The number of sulfonamides is 2. The lowest BCUT2D eigenvalue weighted by Gasteiger charge is -2.17. The van der Waals surface area contributed by atoms with Crippen LogP contribution in [0.1, 0.15) is 6.42 Å². The van der Waals surface area contributed by atoms with Crippen molar-refractivity contribution in [2.24, 2.45) is 5.92 Å². The Bertz CT molecular complexity index is 811. The van der Waals surface area contributed by atoms with Crippen molar-refractivity contribution in [3.8, 4) is 0 Å². The van der Waals surface area contributed by atoms with Gasteiger partial charge in [0.15, 0.2) is 5.82 Å². The molecule has 1 fully saturated rings. The molecule has 0 saturated carbocycles. The van der Waals surface area contributed by atoms with E-state index in [1.165, 1.54) is 12.1 Å². The molecule has 2 rings (SSSR count). The van der Waals surface area contributed by atoms with Crippen molar-refractivity contribution in [3.63, 3.8) is 0 Å². The SMILES string of the molecule is C=CS(=O)(=O)NCC1CCN(S(=O)(=O)c2cccc(Cl)c2F)C1. The van der Waals surface area contributed by atoms with Crippen LogP contribution in [0.15, 0.2) is 35.1 Å². The van der Waals surface area contributed by atoms with Crippen molar-refractivity contribution >= 4 is 31.6 Å². The highest BCUT2D eigenvalue weighted by Crippen LogP contribution is 2.28. The molecule has 1 unspecified atom stereocenters. The van der Waals surface area contributed by atoms with E-state index < -0.39 is 30.8 Å². The third-order valence-corrected chi connectivity index (χ3v) is 6.76. The first-order valence-electron chi connectivity index (χ1n) is 6.73. The summed E-state index contributed by atoms with van der Waals surface area (Å²) in [5.41, 5.74) is 0. The van der Waals surface area contributed by atoms with Crippen LogP contribution in [-0.4, -0.2) is 40.8 Å². The molecule has 1 aromatic carbocycles. The minimum Gasteiger partial charge on any atom is -0.211 e. The molecular formula is C13H16ClFN2O4S2. The predicted octanol–water partition coefficient (Wildman–Crippen LogP) is 1.55. The molecule has 1 saturated heterocycles. The number of nitrogens with zero attached hydrogens (tertiary/aromatic N) is 1. The lowest BCUT2D eigenvalue weighted by molar-refractivity contribution is 0.449. The van der Waals surface area contributed by atoms with E-state index in [2.05, 4.69) is 11.3 Å². The first-order valence-corrected chi connectivity index (χ1v) is 10.1. The van der Waals surface area contributed by atoms with Gasteiger partial charge in [0.05, 0.1) is 5.02 Å². The minimum atomic E-state index is -4.01. The molecule has 0 amide bonds. The van der Waals surface area contributed by atoms with Crippen molar-refractivity contribution in [2.45, 2.75) is 11.3 Å². The fourth-order valence-electron chi connectivity index (χ4n) is 2.30. The normalized spacial score (nSPS) is 19.8. The number of rotatable bonds is 6. The third-order valence-electron chi connectivity index (χ3n) is 3.58. The van der Waals surface area contributed by atoms with Gasteiger partial charge in [0, 0.05) is 25.0 Å². The average molecular weight is 383 g/mol. The molecule has 1 N–H and O–H groups in total. The molecule has 1 aliphatic heterocycles. The topological polar surface area (TPSA) is 83.6 Å². The standard InChI is InChI=1S/C13H16ClFN2O4S2/c1-2-22(18,19)16-8-10-6-7-17(9-10)23(20,21)12-5-3-4-11(14)13(12)15/h2-5,10,16H,1,6-9H2. The Morgan fingerprint density at radius 2 is 2.09 bits per heavy atom. The molecule has 1 aliphatic rings. The molecule has 1 heterocycles. The maximum atomic E-state index is 14.0. The van der Waals surface area contributed by atoms with Crippen molar-refractivity contribution < 1.29 is 21.2 Å². The van der Waals surface area contributed by atoms with Gasteiger partial charge >= 0.3 is 0 Å². The zero-order valence-corrected chi connectivity index (χ0v) is 14.5. The fraction of sp³-hybridized carbons (Fsp3) is 0.385. The van der Waals surface area contributed by atoms with Gasteiger partial charge in [0.25, 0.3) is 0 Å². The lowest BCUT2D eigenvalue weighted by atomic mass is 10.1. The Hall–Kier alpha value is -1.00. The largest absolute Gasteiger partial charge is 0.246 e. The highest BCUT2D eigenvalue weighted by Gasteiger charge is 2.34. The van der Waals surface area contributed by atoms with Crippen molar-refractivity contribution in [3.05, 3.63) is 41.0 Å². The molecule has 0 aliphatic carbocycles. The van der Waals surface area contributed by atoms with Crippen LogP contribution in [0.3, 0.4) is 0 Å². The van der Waals surface area contributed by atoms with Gasteiger partial charge in [-0.1, -0.05) is 24.2 Å². The summed E-state index contributed by atoms with van der Waals surface area (Å²) in [4.78, 5) is -0.475. The van der Waals surface area contributed by atoms with E-state index in [1.807, 2.05) is 0 Å². The maximum Gasteiger partial charge on any atom is 0.246 e. The van der Waals surface area contributed by atoms with Crippen LogP contribution in [0.4, 0.5) is 4.39 Å². The second-order valence-corrected chi connectivity index (χ2v) is 9.16. The second kappa shape index (κ2) is 6.86. The lowest BCUT2D eigenvalue weighted by Crippen LogP contribution is -2.32. The highest BCUT2D eigenvalue weighted by molar-refractivity contribution is 7.92. The molecule has 23 heavy (non-hydrogen) atoms. The second-order valence-electron chi connectivity index (χ2n) is 5.13. The highest BCUT2D eigenvalue weighted by atomic mass is 35.5. The number of halogens is 2. The molecule has 128 valence electrons. The van der Waals surface area contributed by atoms with E-state index in [0.717, 1.165) is 15.8 Å². The molecule has 0 spiro atoms. The van der Waals surface area contributed by atoms with Crippen LogP contribution in [0.2, 0.25) is 5.02 Å². The molecule has 6 nitrogen and oxygen atoms in total. The van der Waals surface area contributed by atoms with E-state index in [-0.39, 0.29) is 30.6 Å². The minimum absolute atomic E-state index is 0.0956.